The van der Waals surface area contributed by atoms with Crippen molar-refractivity contribution in [1.29, 1.82) is 0 Å². The number of ether oxygens (including phenoxy) is 1. The van der Waals surface area contributed by atoms with Gasteiger partial charge < -0.3 is 14.6 Å². The highest BCUT2D eigenvalue weighted by Gasteiger charge is 2.40. The van der Waals surface area contributed by atoms with Crippen LogP contribution in [0.15, 0.2) is 16.3 Å². The van der Waals surface area contributed by atoms with Crippen molar-refractivity contribution < 1.29 is 14.1 Å². The molecule has 1 saturated heterocycles. The molecule has 0 aliphatic carbocycles. The molecular weight excluding hydrogens is 316 g/mol. The van der Waals surface area contributed by atoms with Crippen molar-refractivity contribution in [3.63, 3.8) is 0 Å². The fraction of sp³-hybridized carbons (Fsp3) is 0.600. The van der Waals surface area contributed by atoms with Crippen molar-refractivity contribution >= 4 is 17.2 Å². The van der Waals surface area contributed by atoms with Gasteiger partial charge in [-0.2, -0.15) is 4.98 Å². The van der Waals surface area contributed by atoms with Gasteiger partial charge in [-0.1, -0.05) is 19.0 Å². The van der Waals surface area contributed by atoms with Crippen molar-refractivity contribution in [1.82, 2.24) is 20.4 Å². The lowest BCUT2D eigenvalue weighted by molar-refractivity contribution is 0.0304. The van der Waals surface area contributed by atoms with Crippen LogP contribution in [-0.4, -0.2) is 34.2 Å². The minimum atomic E-state index is -0.649. The average Bonchev–Trinajstić information content (AvgIpc) is 3.19. The number of carbonyl (C=O) groups excluding carboxylic acids is 1. The number of hydrogen-bond donors (Lipinski definition) is 1. The van der Waals surface area contributed by atoms with E-state index < -0.39 is 5.54 Å². The van der Waals surface area contributed by atoms with Crippen molar-refractivity contribution in [2.24, 2.45) is 5.92 Å². The van der Waals surface area contributed by atoms with E-state index in [-0.39, 0.29) is 5.91 Å². The zero-order valence-electron chi connectivity index (χ0n) is 13.2. The second kappa shape index (κ2) is 6.76. The number of thiazole rings is 1. The van der Waals surface area contributed by atoms with Crippen LogP contribution < -0.4 is 5.32 Å². The Morgan fingerprint density at radius 3 is 2.87 bits per heavy atom. The molecule has 8 heteroatoms. The summed E-state index contributed by atoms with van der Waals surface area (Å²) in [4.78, 5) is 21.2. The Morgan fingerprint density at radius 1 is 1.43 bits per heavy atom. The first-order chi connectivity index (χ1) is 11.1. The van der Waals surface area contributed by atoms with Gasteiger partial charge in [0.05, 0.1) is 5.01 Å². The third kappa shape index (κ3) is 3.59. The molecule has 3 heterocycles. The van der Waals surface area contributed by atoms with Crippen LogP contribution in [0.5, 0.6) is 0 Å². The zero-order chi connectivity index (χ0) is 16.3. The largest absolute Gasteiger partial charge is 0.381 e. The SMILES string of the molecule is CC(C)Cc1nc(C(=O)NC2(c3ncon3)CCOCC2)cs1. The Balaban J connectivity index is 1.77. The second-order valence-corrected chi connectivity index (χ2v) is 7.07. The van der Waals surface area contributed by atoms with Crippen LogP contribution in [0.2, 0.25) is 0 Å². The molecule has 2 aromatic heterocycles. The number of aromatic nitrogens is 3. The van der Waals surface area contributed by atoms with E-state index >= 15 is 0 Å². The highest BCUT2D eigenvalue weighted by Crippen LogP contribution is 2.30. The summed E-state index contributed by atoms with van der Waals surface area (Å²) in [6.07, 6.45) is 3.38. The minimum absolute atomic E-state index is 0.206. The zero-order valence-corrected chi connectivity index (χ0v) is 14.1. The molecule has 1 amide bonds. The first kappa shape index (κ1) is 16.1. The standard InChI is InChI=1S/C15H20N4O3S/c1-10(2)7-12-17-11(8-23-12)13(20)18-15(3-5-21-6-4-15)14-16-9-22-19-14/h8-10H,3-7H2,1-2H3,(H,18,20). The smallest absolute Gasteiger partial charge is 0.271 e. The molecule has 1 N–H and O–H groups in total. The van der Waals surface area contributed by atoms with Crippen LogP contribution in [0.1, 0.15) is 48.0 Å². The molecule has 0 radical (unpaired) electrons. The lowest BCUT2D eigenvalue weighted by atomic mass is 9.89. The summed E-state index contributed by atoms with van der Waals surface area (Å²) in [7, 11) is 0. The molecule has 23 heavy (non-hydrogen) atoms. The van der Waals surface area contributed by atoms with Gasteiger partial charge >= 0.3 is 0 Å². The van der Waals surface area contributed by atoms with E-state index in [0.29, 0.717) is 43.5 Å². The molecule has 0 spiro atoms. The Bertz CT molecular complexity index is 647. The molecule has 1 aliphatic rings. The quantitative estimate of drug-likeness (QED) is 0.900. The Kier molecular flexibility index (Phi) is 4.72. The lowest BCUT2D eigenvalue weighted by Gasteiger charge is -2.34. The second-order valence-electron chi connectivity index (χ2n) is 6.13. The van der Waals surface area contributed by atoms with Gasteiger partial charge in [0, 0.05) is 37.9 Å². The molecular formula is C15H20N4O3S. The van der Waals surface area contributed by atoms with E-state index in [2.05, 4.69) is 34.3 Å². The van der Waals surface area contributed by atoms with Gasteiger partial charge in [-0.05, 0) is 5.92 Å². The molecule has 3 rings (SSSR count). The topological polar surface area (TPSA) is 90.1 Å². The van der Waals surface area contributed by atoms with Gasteiger partial charge in [-0.3, -0.25) is 4.79 Å². The summed E-state index contributed by atoms with van der Waals surface area (Å²) in [5, 5.41) is 9.77. The number of nitrogens with one attached hydrogen (secondary N) is 1. The predicted octanol–water partition coefficient (Wildman–Crippen LogP) is 2.16. The summed E-state index contributed by atoms with van der Waals surface area (Å²) < 4.78 is 10.3. The molecule has 7 nitrogen and oxygen atoms in total. The fourth-order valence-corrected chi connectivity index (χ4v) is 3.63. The lowest BCUT2D eigenvalue weighted by Crippen LogP contribution is -2.50. The van der Waals surface area contributed by atoms with Crippen LogP contribution >= 0.6 is 11.3 Å². The number of rotatable bonds is 5. The van der Waals surface area contributed by atoms with Crippen molar-refractivity contribution in [2.75, 3.05) is 13.2 Å². The van der Waals surface area contributed by atoms with E-state index in [9.17, 15) is 4.79 Å². The van der Waals surface area contributed by atoms with Crippen LogP contribution in [0.4, 0.5) is 0 Å². The summed E-state index contributed by atoms with van der Waals surface area (Å²) in [5.41, 5.74) is -0.204. The minimum Gasteiger partial charge on any atom is -0.381 e. The van der Waals surface area contributed by atoms with Crippen molar-refractivity contribution in [3.8, 4) is 0 Å². The van der Waals surface area contributed by atoms with E-state index in [0.717, 1.165) is 11.4 Å². The molecule has 1 fully saturated rings. The average molecular weight is 336 g/mol. The van der Waals surface area contributed by atoms with E-state index in [4.69, 9.17) is 9.26 Å². The third-order valence-corrected chi connectivity index (χ3v) is 4.73. The Labute approximate surface area is 138 Å². The van der Waals surface area contributed by atoms with Gasteiger partial charge in [0.25, 0.3) is 5.91 Å². The fourth-order valence-electron chi connectivity index (χ4n) is 2.65. The molecule has 124 valence electrons. The third-order valence-electron chi connectivity index (χ3n) is 3.86. The number of nitrogens with zero attached hydrogens (tertiary/aromatic N) is 3. The van der Waals surface area contributed by atoms with E-state index in [1.54, 1.807) is 5.38 Å². The number of hydrogen-bond acceptors (Lipinski definition) is 7. The Morgan fingerprint density at radius 2 is 2.22 bits per heavy atom. The normalized spacial score (nSPS) is 17.3. The first-order valence-corrected chi connectivity index (χ1v) is 8.58. The predicted molar refractivity (Wildman–Crippen MR) is 84.2 cm³/mol. The van der Waals surface area contributed by atoms with Crippen LogP contribution in [0, 0.1) is 5.92 Å². The molecule has 0 saturated carbocycles. The van der Waals surface area contributed by atoms with Gasteiger partial charge in [-0.15, -0.1) is 11.3 Å². The summed E-state index contributed by atoms with van der Waals surface area (Å²) in [5.74, 6) is 0.799. The molecule has 2 aromatic rings. The first-order valence-electron chi connectivity index (χ1n) is 7.70. The monoisotopic (exact) mass is 336 g/mol. The molecule has 0 unspecified atom stereocenters. The van der Waals surface area contributed by atoms with Crippen LogP contribution in [0.3, 0.4) is 0 Å². The number of amides is 1. The molecule has 1 aliphatic heterocycles. The van der Waals surface area contributed by atoms with Gasteiger partial charge in [0.15, 0.2) is 5.82 Å². The van der Waals surface area contributed by atoms with Crippen LogP contribution in [-0.2, 0) is 16.7 Å². The summed E-state index contributed by atoms with van der Waals surface area (Å²) in [6, 6.07) is 0. The van der Waals surface area contributed by atoms with Crippen LogP contribution in [0.25, 0.3) is 0 Å². The van der Waals surface area contributed by atoms with Gasteiger partial charge in [0.1, 0.15) is 11.2 Å². The summed E-state index contributed by atoms with van der Waals surface area (Å²) >= 11 is 1.52. The van der Waals surface area contributed by atoms with Crippen molar-refractivity contribution in [2.45, 2.75) is 38.6 Å². The highest BCUT2D eigenvalue weighted by molar-refractivity contribution is 7.09. The van der Waals surface area contributed by atoms with E-state index in [1.807, 2.05) is 0 Å². The van der Waals surface area contributed by atoms with Gasteiger partial charge in [-0.25, -0.2) is 4.98 Å². The number of carbonyl (C=O) groups is 1. The summed E-state index contributed by atoms with van der Waals surface area (Å²) in [6.45, 7) is 5.36. The van der Waals surface area contributed by atoms with E-state index in [1.165, 1.54) is 17.7 Å². The highest BCUT2D eigenvalue weighted by atomic mass is 32.1. The maximum Gasteiger partial charge on any atom is 0.271 e. The Hall–Kier alpha value is -1.80. The molecule has 0 atom stereocenters. The molecule has 0 aromatic carbocycles. The maximum atomic E-state index is 12.6. The van der Waals surface area contributed by atoms with Gasteiger partial charge in [0.2, 0.25) is 6.39 Å². The maximum absolute atomic E-state index is 12.6. The molecule has 0 bridgehead atoms. The van der Waals surface area contributed by atoms with Crippen molar-refractivity contribution in [3.05, 3.63) is 28.3 Å².